The molecule has 2 rings (SSSR count). The Hall–Kier alpha value is -1.91. The van der Waals surface area contributed by atoms with Gasteiger partial charge >= 0.3 is 0 Å². The SMILES string of the molecule is CC(=O)N1CCCC1Cc1ccc([N+](=O)[O-])cc1. The van der Waals surface area contributed by atoms with Gasteiger partial charge in [-0.05, 0) is 24.8 Å². The molecule has 0 aliphatic carbocycles. The average Bonchev–Trinajstić information content (AvgIpc) is 2.78. The molecule has 1 fully saturated rings. The van der Waals surface area contributed by atoms with E-state index in [9.17, 15) is 14.9 Å². The predicted octanol–water partition coefficient (Wildman–Crippen LogP) is 2.15. The topological polar surface area (TPSA) is 63.5 Å². The molecule has 96 valence electrons. The number of likely N-dealkylation sites (tertiary alicyclic amines) is 1. The number of nitro groups is 1. The van der Waals surface area contributed by atoms with Crippen LogP contribution in [0.3, 0.4) is 0 Å². The first kappa shape index (κ1) is 12.5. The van der Waals surface area contributed by atoms with E-state index >= 15 is 0 Å². The zero-order chi connectivity index (χ0) is 13.1. The van der Waals surface area contributed by atoms with Gasteiger partial charge in [0.25, 0.3) is 5.69 Å². The lowest BCUT2D eigenvalue weighted by Gasteiger charge is -2.23. The molecule has 0 spiro atoms. The minimum Gasteiger partial charge on any atom is -0.340 e. The van der Waals surface area contributed by atoms with Gasteiger partial charge in [0, 0.05) is 31.6 Å². The Labute approximate surface area is 106 Å². The number of hydrogen-bond acceptors (Lipinski definition) is 3. The van der Waals surface area contributed by atoms with Gasteiger partial charge in [-0.3, -0.25) is 14.9 Å². The van der Waals surface area contributed by atoms with Crippen LogP contribution in [0.25, 0.3) is 0 Å². The van der Waals surface area contributed by atoms with Crippen LogP contribution in [0.2, 0.25) is 0 Å². The second kappa shape index (κ2) is 5.16. The largest absolute Gasteiger partial charge is 0.340 e. The van der Waals surface area contributed by atoms with Gasteiger partial charge in [-0.25, -0.2) is 0 Å². The number of carbonyl (C=O) groups is 1. The molecule has 1 aliphatic heterocycles. The van der Waals surface area contributed by atoms with Gasteiger partial charge in [-0.2, -0.15) is 0 Å². The maximum atomic E-state index is 11.4. The zero-order valence-electron chi connectivity index (χ0n) is 10.3. The lowest BCUT2D eigenvalue weighted by molar-refractivity contribution is -0.384. The van der Waals surface area contributed by atoms with E-state index in [0.29, 0.717) is 0 Å². The summed E-state index contributed by atoms with van der Waals surface area (Å²) in [6.07, 6.45) is 2.82. The van der Waals surface area contributed by atoms with Crippen LogP contribution in [0.1, 0.15) is 25.3 Å². The predicted molar refractivity (Wildman–Crippen MR) is 67.2 cm³/mol. The molecule has 1 heterocycles. The van der Waals surface area contributed by atoms with E-state index in [-0.39, 0.29) is 17.6 Å². The molecule has 0 radical (unpaired) electrons. The van der Waals surface area contributed by atoms with E-state index in [1.165, 1.54) is 12.1 Å². The summed E-state index contributed by atoms with van der Waals surface area (Å²) in [6, 6.07) is 6.82. The summed E-state index contributed by atoms with van der Waals surface area (Å²) in [6.45, 7) is 2.42. The van der Waals surface area contributed by atoms with E-state index in [0.717, 1.165) is 31.4 Å². The first-order valence-corrected chi connectivity index (χ1v) is 6.08. The summed E-state index contributed by atoms with van der Waals surface area (Å²) >= 11 is 0. The van der Waals surface area contributed by atoms with Crippen LogP contribution in [0, 0.1) is 10.1 Å². The third-order valence-electron chi connectivity index (χ3n) is 3.40. The molecule has 1 saturated heterocycles. The van der Waals surface area contributed by atoms with Gasteiger partial charge < -0.3 is 4.90 Å². The summed E-state index contributed by atoms with van der Waals surface area (Å²) in [4.78, 5) is 23.5. The first-order chi connectivity index (χ1) is 8.58. The average molecular weight is 248 g/mol. The van der Waals surface area contributed by atoms with E-state index in [4.69, 9.17) is 0 Å². The highest BCUT2D eigenvalue weighted by molar-refractivity contribution is 5.73. The van der Waals surface area contributed by atoms with Crippen LogP contribution >= 0.6 is 0 Å². The van der Waals surface area contributed by atoms with E-state index in [1.54, 1.807) is 19.1 Å². The molecular formula is C13H16N2O3. The Morgan fingerprint density at radius 3 is 2.67 bits per heavy atom. The molecular weight excluding hydrogens is 232 g/mol. The van der Waals surface area contributed by atoms with Crippen molar-refractivity contribution < 1.29 is 9.72 Å². The quantitative estimate of drug-likeness (QED) is 0.608. The normalized spacial score (nSPS) is 18.9. The molecule has 1 unspecified atom stereocenters. The molecule has 18 heavy (non-hydrogen) atoms. The second-order valence-electron chi connectivity index (χ2n) is 4.64. The highest BCUT2D eigenvalue weighted by Gasteiger charge is 2.26. The van der Waals surface area contributed by atoms with Gasteiger partial charge in [0.1, 0.15) is 0 Å². The lowest BCUT2D eigenvalue weighted by atomic mass is 10.0. The Morgan fingerprint density at radius 2 is 2.11 bits per heavy atom. The van der Waals surface area contributed by atoms with Crippen molar-refractivity contribution in [2.24, 2.45) is 0 Å². The summed E-state index contributed by atoms with van der Waals surface area (Å²) in [5.74, 6) is 0.111. The Kier molecular flexibility index (Phi) is 3.60. The molecule has 0 saturated carbocycles. The van der Waals surface area contributed by atoms with Crippen molar-refractivity contribution in [3.8, 4) is 0 Å². The van der Waals surface area contributed by atoms with Crippen molar-refractivity contribution in [2.45, 2.75) is 32.2 Å². The second-order valence-corrected chi connectivity index (χ2v) is 4.64. The molecule has 1 atom stereocenters. The van der Waals surface area contributed by atoms with E-state index in [2.05, 4.69) is 0 Å². The lowest BCUT2D eigenvalue weighted by Crippen LogP contribution is -2.34. The van der Waals surface area contributed by atoms with E-state index < -0.39 is 4.92 Å². The third-order valence-corrected chi connectivity index (χ3v) is 3.40. The van der Waals surface area contributed by atoms with Gasteiger partial charge in [-0.1, -0.05) is 12.1 Å². The van der Waals surface area contributed by atoms with Crippen molar-refractivity contribution in [1.82, 2.24) is 4.90 Å². The van der Waals surface area contributed by atoms with Crippen molar-refractivity contribution in [1.29, 1.82) is 0 Å². The number of hydrogen-bond donors (Lipinski definition) is 0. The fraction of sp³-hybridized carbons (Fsp3) is 0.462. The number of non-ortho nitro benzene ring substituents is 1. The minimum absolute atomic E-state index is 0.105. The number of rotatable bonds is 3. The summed E-state index contributed by atoms with van der Waals surface area (Å²) in [5.41, 5.74) is 1.15. The monoisotopic (exact) mass is 248 g/mol. The maximum absolute atomic E-state index is 11.4. The van der Waals surface area contributed by atoms with Crippen LogP contribution in [0.15, 0.2) is 24.3 Å². The van der Waals surface area contributed by atoms with Crippen molar-refractivity contribution in [3.63, 3.8) is 0 Å². The molecule has 1 aromatic carbocycles. The van der Waals surface area contributed by atoms with Crippen LogP contribution in [-0.2, 0) is 11.2 Å². The third kappa shape index (κ3) is 2.67. The number of nitro benzene ring substituents is 1. The summed E-state index contributed by atoms with van der Waals surface area (Å²) in [5, 5.41) is 10.6. The van der Waals surface area contributed by atoms with Crippen LogP contribution in [0.5, 0.6) is 0 Å². The number of nitrogens with zero attached hydrogens (tertiary/aromatic N) is 2. The molecule has 0 N–H and O–H groups in total. The van der Waals surface area contributed by atoms with E-state index in [1.807, 2.05) is 4.90 Å². The molecule has 5 heteroatoms. The van der Waals surface area contributed by atoms with Crippen LogP contribution in [-0.4, -0.2) is 28.3 Å². The van der Waals surface area contributed by atoms with Crippen LogP contribution < -0.4 is 0 Å². The Morgan fingerprint density at radius 1 is 1.44 bits per heavy atom. The molecule has 1 amide bonds. The summed E-state index contributed by atoms with van der Waals surface area (Å²) < 4.78 is 0. The number of amides is 1. The highest BCUT2D eigenvalue weighted by Crippen LogP contribution is 2.22. The molecule has 0 bridgehead atoms. The summed E-state index contributed by atoms with van der Waals surface area (Å²) in [7, 11) is 0. The van der Waals surface area contributed by atoms with Gasteiger partial charge in [0.2, 0.25) is 5.91 Å². The number of carbonyl (C=O) groups excluding carboxylic acids is 1. The zero-order valence-corrected chi connectivity index (χ0v) is 10.3. The van der Waals surface area contributed by atoms with Crippen LogP contribution in [0.4, 0.5) is 5.69 Å². The first-order valence-electron chi connectivity index (χ1n) is 6.08. The minimum atomic E-state index is -0.402. The van der Waals surface area contributed by atoms with Crippen molar-refractivity contribution >= 4 is 11.6 Å². The van der Waals surface area contributed by atoms with Gasteiger partial charge in [-0.15, -0.1) is 0 Å². The van der Waals surface area contributed by atoms with Gasteiger partial charge in [0.15, 0.2) is 0 Å². The molecule has 1 aromatic rings. The standard InChI is InChI=1S/C13H16N2O3/c1-10(16)14-8-2-3-13(14)9-11-4-6-12(7-5-11)15(17)18/h4-7,13H,2-3,8-9H2,1H3. The van der Waals surface area contributed by atoms with Gasteiger partial charge in [0.05, 0.1) is 4.92 Å². The fourth-order valence-corrected chi connectivity index (χ4v) is 2.49. The smallest absolute Gasteiger partial charge is 0.269 e. The van der Waals surface area contributed by atoms with Crippen molar-refractivity contribution in [3.05, 3.63) is 39.9 Å². The fourth-order valence-electron chi connectivity index (χ4n) is 2.49. The van der Waals surface area contributed by atoms with Crippen molar-refractivity contribution in [2.75, 3.05) is 6.54 Å². The highest BCUT2D eigenvalue weighted by atomic mass is 16.6. The number of benzene rings is 1. The maximum Gasteiger partial charge on any atom is 0.269 e. The molecule has 1 aliphatic rings. The molecule has 0 aromatic heterocycles. The molecule has 5 nitrogen and oxygen atoms in total. The Bertz CT molecular complexity index is 456. The Balaban J connectivity index is 2.05.